The van der Waals surface area contributed by atoms with Crippen molar-refractivity contribution in [2.24, 2.45) is 5.92 Å². The molecule has 3 atom stereocenters. The highest BCUT2D eigenvalue weighted by molar-refractivity contribution is 5.83. The van der Waals surface area contributed by atoms with Crippen LogP contribution in [0.3, 0.4) is 0 Å². The number of rotatable bonds is 2. The summed E-state index contributed by atoms with van der Waals surface area (Å²) in [7, 11) is 0. The highest BCUT2D eigenvalue weighted by Gasteiger charge is 2.46. The Morgan fingerprint density at radius 2 is 2.16 bits per heavy atom. The van der Waals surface area contributed by atoms with Crippen molar-refractivity contribution >= 4 is 5.91 Å². The van der Waals surface area contributed by atoms with E-state index >= 15 is 0 Å². The van der Waals surface area contributed by atoms with Gasteiger partial charge in [-0.1, -0.05) is 24.3 Å². The lowest BCUT2D eigenvalue weighted by Crippen LogP contribution is -2.51. The molecule has 1 aliphatic carbocycles. The molecule has 1 aliphatic heterocycles. The zero-order valence-electron chi connectivity index (χ0n) is 11.7. The molecule has 1 aromatic rings. The van der Waals surface area contributed by atoms with Crippen molar-refractivity contribution in [2.75, 3.05) is 19.6 Å². The molecule has 3 unspecified atom stereocenters. The Labute approximate surface area is 115 Å². The summed E-state index contributed by atoms with van der Waals surface area (Å²) in [4.78, 5) is 14.5. The predicted molar refractivity (Wildman–Crippen MR) is 76.1 cm³/mol. The van der Waals surface area contributed by atoms with E-state index < -0.39 is 0 Å². The molecule has 0 bridgehead atoms. The van der Waals surface area contributed by atoms with E-state index in [1.54, 1.807) is 0 Å². The van der Waals surface area contributed by atoms with Gasteiger partial charge in [0.05, 0.1) is 0 Å². The largest absolute Gasteiger partial charge is 0.340 e. The number of amides is 1. The Balaban J connectivity index is 1.66. The van der Waals surface area contributed by atoms with Gasteiger partial charge < -0.3 is 10.2 Å². The minimum atomic E-state index is 0.228. The molecule has 102 valence electrons. The van der Waals surface area contributed by atoms with Crippen LogP contribution in [0, 0.1) is 12.8 Å². The van der Waals surface area contributed by atoms with Gasteiger partial charge in [0.15, 0.2) is 0 Å². The monoisotopic (exact) mass is 258 g/mol. The first-order valence-corrected chi connectivity index (χ1v) is 7.24. The van der Waals surface area contributed by atoms with E-state index in [0.717, 1.165) is 26.1 Å². The van der Waals surface area contributed by atoms with E-state index in [0.29, 0.717) is 17.9 Å². The molecular weight excluding hydrogens is 236 g/mol. The van der Waals surface area contributed by atoms with Gasteiger partial charge in [0.25, 0.3) is 0 Å². The predicted octanol–water partition coefficient (Wildman–Crippen LogP) is 1.92. The minimum absolute atomic E-state index is 0.228. The van der Waals surface area contributed by atoms with Crippen molar-refractivity contribution < 1.29 is 4.79 Å². The molecular formula is C16H22N2O. The van der Waals surface area contributed by atoms with E-state index in [1.165, 1.54) is 11.1 Å². The van der Waals surface area contributed by atoms with Crippen molar-refractivity contribution in [1.29, 1.82) is 0 Å². The van der Waals surface area contributed by atoms with Gasteiger partial charge in [0, 0.05) is 31.6 Å². The number of hydrogen-bond acceptors (Lipinski definition) is 2. The molecule has 0 aromatic heterocycles. The van der Waals surface area contributed by atoms with E-state index in [9.17, 15) is 4.79 Å². The lowest BCUT2D eigenvalue weighted by atomic mass is 10.0. The van der Waals surface area contributed by atoms with Crippen LogP contribution in [0.15, 0.2) is 24.3 Å². The fourth-order valence-electron chi connectivity index (χ4n) is 3.18. The highest BCUT2D eigenvalue weighted by atomic mass is 16.2. The van der Waals surface area contributed by atoms with E-state index in [1.807, 2.05) is 4.90 Å². The normalized spacial score (nSPS) is 30.2. The Morgan fingerprint density at radius 3 is 2.89 bits per heavy atom. The van der Waals surface area contributed by atoms with Gasteiger partial charge in [-0.2, -0.15) is 0 Å². The molecule has 2 fully saturated rings. The lowest BCUT2D eigenvalue weighted by molar-refractivity contribution is -0.133. The van der Waals surface area contributed by atoms with Crippen molar-refractivity contribution in [2.45, 2.75) is 32.2 Å². The molecule has 3 heteroatoms. The molecule has 3 nitrogen and oxygen atoms in total. The van der Waals surface area contributed by atoms with Gasteiger partial charge in [0.1, 0.15) is 0 Å². The van der Waals surface area contributed by atoms with Crippen LogP contribution in [-0.4, -0.2) is 36.5 Å². The van der Waals surface area contributed by atoms with Crippen molar-refractivity contribution in [3.63, 3.8) is 0 Å². The Morgan fingerprint density at radius 1 is 1.37 bits per heavy atom. The van der Waals surface area contributed by atoms with Crippen LogP contribution in [0.4, 0.5) is 0 Å². The van der Waals surface area contributed by atoms with Gasteiger partial charge in [-0.3, -0.25) is 4.79 Å². The van der Waals surface area contributed by atoms with Crippen LogP contribution >= 0.6 is 0 Å². The average molecular weight is 258 g/mol. The molecule has 1 heterocycles. The second-order valence-electron chi connectivity index (χ2n) is 5.94. The molecule has 19 heavy (non-hydrogen) atoms. The van der Waals surface area contributed by atoms with Crippen LogP contribution in [0.5, 0.6) is 0 Å². The highest BCUT2D eigenvalue weighted by Crippen LogP contribution is 2.49. The second-order valence-corrected chi connectivity index (χ2v) is 5.94. The Bertz CT molecular complexity index is 485. The molecule has 2 aliphatic rings. The molecule has 1 saturated carbocycles. The third kappa shape index (κ3) is 2.52. The fourth-order valence-corrected chi connectivity index (χ4v) is 3.18. The number of aryl methyl sites for hydroxylation is 1. The summed E-state index contributed by atoms with van der Waals surface area (Å²) in [6.07, 6.45) is 1.03. The van der Waals surface area contributed by atoms with Crippen molar-refractivity contribution in [3.05, 3.63) is 35.4 Å². The van der Waals surface area contributed by atoms with E-state index in [4.69, 9.17) is 0 Å². The second kappa shape index (κ2) is 4.97. The average Bonchev–Trinajstić information content (AvgIpc) is 3.18. The molecule has 1 amide bonds. The van der Waals surface area contributed by atoms with Gasteiger partial charge in [-0.25, -0.2) is 0 Å². The first-order valence-electron chi connectivity index (χ1n) is 7.24. The maximum Gasteiger partial charge on any atom is 0.226 e. The zero-order valence-corrected chi connectivity index (χ0v) is 11.7. The number of hydrogen-bond donors (Lipinski definition) is 1. The zero-order chi connectivity index (χ0) is 13.4. The third-order valence-corrected chi connectivity index (χ3v) is 4.38. The summed E-state index contributed by atoms with van der Waals surface area (Å²) < 4.78 is 0. The molecule has 1 aromatic carbocycles. The third-order valence-electron chi connectivity index (χ3n) is 4.38. The summed E-state index contributed by atoms with van der Waals surface area (Å²) in [5, 5.41) is 3.38. The topological polar surface area (TPSA) is 32.3 Å². The van der Waals surface area contributed by atoms with Gasteiger partial charge in [-0.15, -0.1) is 0 Å². The Kier molecular flexibility index (Phi) is 3.31. The maximum atomic E-state index is 12.5. The first-order chi connectivity index (χ1) is 9.16. The summed E-state index contributed by atoms with van der Waals surface area (Å²) in [6, 6.07) is 8.88. The number of benzene rings is 1. The SMILES string of the molecule is Cc1ccccc1C1CC1C(=O)N1CCNC(C)C1. The lowest BCUT2D eigenvalue weighted by Gasteiger charge is -2.32. The van der Waals surface area contributed by atoms with Crippen molar-refractivity contribution in [3.8, 4) is 0 Å². The number of piperazine rings is 1. The van der Waals surface area contributed by atoms with Crippen molar-refractivity contribution in [1.82, 2.24) is 10.2 Å². The minimum Gasteiger partial charge on any atom is -0.340 e. The quantitative estimate of drug-likeness (QED) is 0.879. The van der Waals surface area contributed by atoms with Gasteiger partial charge in [-0.05, 0) is 37.3 Å². The molecule has 1 N–H and O–H groups in total. The number of carbonyl (C=O) groups excluding carboxylic acids is 1. The first kappa shape index (κ1) is 12.7. The van der Waals surface area contributed by atoms with Crippen LogP contribution in [-0.2, 0) is 4.79 Å². The van der Waals surface area contributed by atoms with Gasteiger partial charge >= 0.3 is 0 Å². The van der Waals surface area contributed by atoms with Crippen LogP contribution in [0.25, 0.3) is 0 Å². The van der Waals surface area contributed by atoms with Crippen LogP contribution < -0.4 is 5.32 Å². The summed E-state index contributed by atoms with van der Waals surface area (Å²) in [5.74, 6) is 1.05. The van der Waals surface area contributed by atoms with Gasteiger partial charge in [0.2, 0.25) is 5.91 Å². The molecule has 3 rings (SSSR count). The van der Waals surface area contributed by atoms with E-state index in [2.05, 4.69) is 43.4 Å². The maximum absolute atomic E-state index is 12.5. The summed E-state index contributed by atoms with van der Waals surface area (Å²) >= 11 is 0. The molecule has 1 saturated heterocycles. The smallest absolute Gasteiger partial charge is 0.226 e. The number of nitrogens with zero attached hydrogens (tertiary/aromatic N) is 1. The van der Waals surface area contributed by atoms with Crippen LogP contribution in [0.1, 0.15) is 30.4 Å². The number of nitrogens with one attached hydrogen (secondary N) is 1. The summed E-state index contributed by atoms with van der Waals surface area (Å²) in [5.41, 5.74) is 2.68. The molecule has 0 spiro atoms. The standard InChI is InChI=1S/C16H22N2O/c1-11-5-3-4-6-13(11)14-9-15(14)16(19)18-8-7-17-12(2)10-18/h3-6,12,14-15,17H,7-10H2,1-2H3. The summed E-state index contributed by atoms with van der Waals surface area (Å²) in [6.45, 7) is 6.93. The number of carbonyl (C=O) groups is 1. The molecule has 0 radical (unpaired) electrons. The van der Waals surface area contributed by atoms with Crippen LogP contribution in [0.2, 0.25) is 0 Å². The Hall–Kier alpha value is -1.35. The fraction of sp³-hybridized carbons (Fsp3) is 0.562. The van der Waals surface area contributed by atoms with E-state index in [-0.39, 0.29) is 5.92 Å².